The first-order valence-electron chi connectivity index (χ1n) is 8.50. The van der Waals surface area contributed by atoms with Crippen molar-refractivity contribution in [3.63, 3.8) is 0 Å². The van der Waals surface area contributed by atoms with Crippen LogP contribution in [0.1, 0.15) is 40.6 Å². The number of aryl methyl sites for hydroxylation is 1. The van der Waals surface area contributed by atoms with E-state index in [1.807, 2.05) is 0 Å². The Morgan fingerprint density at radius 2 is 1.74 bits per heavy atom. The number of fused-ring (bicyclic) bond motifs is 1. The molecule has 0 aliphatic heterocycles. The fourth-order valence-corrected chi connectivity index (χ4v) is 3.94. The molecule has 1 aromatic rings. The molecule has 0 fully saturated rings. The Labute approximate surface area is 160 Å². The van der Waals surface area contributed by atoms with Gasteiger partial charge in [0.1, 0.15) is 5.00 Å². The van der Waals surface area contributed by atoms with Crippen LogP contribution in [0.2, 0.25) is 0 Å². The Morgan fingerprint density at radius 3 is 2.41 bits per heavy atom. The quantitative estimate of drug-likeness (QED) is 0.427. The first kappa shape index (κ1) is 20.6. The predicted octanol–water partition coefficient (Wildman–Crippen LogP) is 2.01. The fraction of sp³-hybridized carbons (Fsp3) is 0.444. The number of nitrogens with one attached hydrogen (secondary N) is 1. The number of anilines is 1. The second kappa shape index (κ2) is 9.86. The zero-order valence-electron chi connectivity index (χ0n) is 15.2. The first-order valence-corrected chi connectivity index (χ1v) is 9.32. The summed E-state index contributed by atoms with van der Waals surface area (Å²) in [4.78, 5) is 47.9. The summed E-state index contributed by atoms with van der Waals surface area (Å²) in [6.07, 6.45) is 5.44. The largest absolute Gasteiger partial charge is 0.465 e. The van der Waals surface area contributed by atoms with Crippen LogP contribution in [0.25, 0.3) is 0 Å². The van der Waals surface area contributed by atoms with E-state index in [1.54, 1.807) is 6.92 Å². The van der Waals surface area contributed by atoms with Crippen molar-refractivity contribution in [1.82, 2.24) is 0 Å². The monoisotopic (exact) mass is 395 g/mol. The molecule has 1 heterocycles. The van der Waals surface area contributed by atoms with Gasteiger partial charge >= 0.3 is 17.9 Å². The standard InChI is InChI=1S/C18H21NO7S/c1-3-25-14(21)8-9-15(22)26-10-13(20)19-17-16(18(23)24-2)11-6-4-5-7-12(11)27-17/h8-9H,3-7,10H2,1-2H3,(H,19,20)/b9-8+. The number of esters is 3. The van der Waals surface area contributed by atoms with Crippen LogP contribution < -0.4 is 5.32 Å². The summed E-state index contributed by atoms with van der Waals surface area (Å²) in [7, 11) is 1.29. The van der Waals surface area contributed by atoms with E-state index >= 15 is 0 Å². The zero-order chi connectivity index (χ0) is 19.8. The SMILES string of the molecule is CCOC(=O)/C=C/C(=O)OCC(=O)Nc1sc2c(c1C(=O)OC)CCCC2. The molecule has 1 aliphatic carbocycles. The summed E-state index contributed by atoms with van der Waals surface area (Å²) in [6, 6.07) is 0. The zero-order valence-corrected chi connectivity index (χ0v) is 16.0. The van der Waals surface area contributed by atoms with Crippen LogP contribution in [-0.4, -0.2) is 44.1 Å². The van der Waals surface area contributed by atoms with E-state index in [0.29, 0.717) is 10.6 Å². The summed E-state index contributed by atoms with van der Waals surface area (Å²) in [6.45, 7) is 1.28. The molecule has 1 aliphatic rings. The van der Waals surface area contributed by atoms with Crippen LogP contribution in [0.5, 0.6) is 0 Å². The van der Waals surface area contributed by atoms with Gasteiger partial charge in [0.05, 0.1) is 19.3 Å². The van der Waals surface area contributed by atoms with Crippen molar-refractivity contribution in [3.05, 3.63) is 28.2 Å². The molecule has 0 saturated heterocycles. The third-order valence-corrected chi connectivity index (χ3v) is 5.01. The highest BCUT2D eigenvalue weighted by molar-refractivity contribution is 7.17. The molecule has 146 valence electrons. The summed E-state index contributed by atoms with van der Waals surface area (Å²) in [5.41, 5.74) is 1.29. The van der Waals surface area contributed by atoms with Gasteiger partial charge in [-0.3, -0.25) is 4.79 Å². The van der Waals surface area contributed by atoms with Gasteiger partial charge < -0.3 is 19.5 Å². The van der Waals surface area contributed by atoms with Crippen molar-refractivity contribution in [2.24, 2.45) is 0 Å². The van der Waals surface area contributed by atoms with E-state index in [-0.39, 0.29) is 6.61 Å². The predicted molar refractivity (Wildman–Crippen MR) is 97.7 cm³/mol. The maximum absolute atomic E-state index is 12.1. The van der Waals surface area contributed by atoms with Crippen molar-refractivity contribution >= 4 is 40.2 Å². The van der Waals surface area contributed by atoms with Crippen molar-refractivity contribution in [3.8, 4) is 0 Å². The molecular formula is C18H21NO7S. The Kier molecular flexibility index (Phi) is 7.54. The van der Waals surface area contributed by atoms with Gasteiger partial charge in [-0.15, -0.1) is 11.3 Å². The minimum absolute atomic E-state index is 0.188. The first-order chi connectivity index (χ1) is 13.0. The van der Waals surface area contributed by atoms with E-state index in [9.17, 15) is 19.2 Å². The molecule has 0 unspecified atom stereocenters. The van der Waals surface area contributed by atoms with Gasteiger partial charge in [0, 0.05) is 17.0 Å². The third-order valence-electron chi connectivity index (χ3n) is 3.80. The third kappa shape index (κ3) is 5.65. The molecule has 0 atom stereocenters. The number of carbonyl (C=O) groups is 4. The number of hydrogen-bond acceptors (Lipinski definition) is 8. The van der Waals surface area contributed by atoms with Gasteiger partial charge in [0.2, 0.25) is 0 Å². The topological polar surface area (TPSA) is 108 Å². The van der Waals surface area contributed by atoms with Crippen LogP contribution in [0.4, 0.5) is 5.00 Å². The molecule has 9 heteroatoms. The Bertz CT molecular complexity index is 766. The van der Waals surface area contributed by atoms with Crippen LogP contribution in [0.15, 0.2) is 12.2 Å². The Morgan fingerprint density at radius 1 is 1.07 bits per heavy atom. The molecule has 2 rings (SSSR count). The average molecular weight is 395 g/mol. The molecular weight excluding hydrogens is 374 g/mol. The van der Waals surface area contributed by atoms with Gasteiger partial charge in [-0.1, -0.05) is 0 Å². The highest BCUT2D eigenvalue weighted by atomic mass is 32.1. The lowest BCUT2D eigenvalue weighted by Gasteiger charge is -2.11. The second-order valence-corrected chi connectivity index (χ2v) is 6.75. The van der Waals surface area contributed by atoms with Crippen molar-refractivity contribution < 1.29 is 33.4 Å². The maximum Gasteiger partial charge on any atom is 0.341 e. The van der Waals surface area contributed by atoms with Crippen LogP contribution in [0.3, 0.4) is 0 Å². The number of methoxy groups -OCH3 is 1. The van der Waals surface area contributed by atoms with Gasteiger partial charge in [-0.05, 0) is 38.2 Å². The van der Waals surface area contributed by atoms with Gasteiger partial charge in [-0.25, -0.2) is 14.4 Å². The minimum Gasteiger partial charge on any atom is -0.465 e. The van der Waals surface area contributed by atoms with Crippen LogP contribution in [0, 0.1) is 0 Å². The lowest BCUT2D eigenvalue weighted by Crippen LogP contribution is -2.21. The van der Waals surface area contributed by atoms with Gasteiger partial charge in [-0.2, -0.15) is 0 Å². The second-order valence-electron chi connectivity index (χ2n) is 5.65. The summed E-state index contributed by atoms with van der Waals surface area (Å²) >= 11 is 1.34. The number of hydrogen-bond donors (Lipinski definition) is 1. The van der Waals surface area contributed by atoms with E-state index in [0.717, 1.165) is 48.3 Å². The highest BCUT2D eigenvalue weighted by Gasteiger charge is 2.27. The summed E-state index contributed by atoms with van der Waals surface area (Å²) in [5, 5.41) is 3.01. The lowest BCUT2D eigenvalue weighted by atomic mass is 9.95. The molecule has 0 spiro atoms. The number of ether oxygens (including phenoxy) is 3. The van der Waals surface area contributed by atoms with Crippen molar-refractivity contribution in [2.75, 3.05) is 25.6 Å². The Balaban J connectivity index is 1.97. The molecule has 0 radical (unpaired) electrons. The molecule has 1 amide bonds. The molecule has 1 aromatic heterocycles. The molecule has 0 bridgehead atoms. The van der Waals surface area contributed by atoms with Crippen molar-refractivity contribution in [1.29, 1.82) is 0 Å². The maximum atomic E-state index is 12.1. The molecule has 8 nitrogen and oxygen atoms in total. The number of amides is 1. The van der Waals surface area contributed by atoms with E-state index < -0.39 is 30.4 Å². The number of thiophene rings is 1. The van der Waals surface area contributed by atoms with E-state index in [4.69, 9.17) is 9.47 Å². The highest BCUT2D eigenvalue weighted by Crippen LogP contribution is 2.38. The van der Waals surface area contributed by atoms with Crippen LogP contribution >= 0.6 is 11.3 Å². The van der Waals surface area contributed by atoms with E-state index in [1.165, 1.54) is 18.4 Å². The summed E-state index contributed by atoms with van der Waals surface area (Å²) < 4.78 is 14.2. The molecule has 0 saturated carbocycles. The number of rotatable bonds is 7. The van der Waals surface area contributed by atoms with Crippen LogP contribution in [-0.2, 0) is 41.4 Å². The van der Waals surface area contributed by atoms with E-state index in [2.05, 4.69) is 10.1 Å². The summed E-state index contributed by atoms with van der Waals surface area (Å²) in [5.74, 6) is -2.61. The molecule has 0 aromatic carbocycles. The fourth-order valence-electron chi connectivity index (χ4n) is 2.65. The Hall–Kier alpha value is -2.68. The lowest BCUT2D eigenvalue weighted by molar-refractivity contribution is -0.143. The normalized spacial score (nSPS) is 13.0. The molecule has 1 N–H and O–H groups in total. The average Bonchev–Trinajstić information content (AvgIpc) is 3.02. The van der Waals surface area contributed by atoms with Gasteiger partial charge in [0.25, 0.3) is 5.91 Å². The smallest absolute Gasteiger partial charge is 0.341 e. The van der Waals surface area contributed by atoms with Crippen molar-refractivity contribution in [2.45, 2.75) is 32.6 Å². The van der Waals surface area contributed by atoms with Gasteiger partial charge in [0.15, 0.2) is 6.61 Å². The number of carbonyl (C=O) groups excluding carboxylic acids is 4. The molecule has 27 heavy (non-hydrogen) atoms. The minimum atomic E-state index is -0.850.